The molecule has 0 radical (unpaired) electrons. The molecule has 7 atom stereocenters. The molecule has 240 valence electrons. The fraction of sp³-hybridized carbons (Fsp3) is 1.00. The summed E-state index contributed by atoms with van der Waals surface area (Å²) < 4.78 is 109. The van der Waals surface area contributed by atoms with Crippen LogP contribution >= 0.6 is 54.8 Å². The Morgan fingerprint density at radius 3 is 0.625 bits per heavy atom. The second kappa shape index (κ2) is 13.0. The van der Waals surface area contributed by atoms with Gasteiger partial charge in [-0.2, -0.15) is 4.31 Å². The normalized spacial score (nSPS) is 29.2. The van der Waals surface area contributed by atoms with Crippen LogP contribution in [-0.4, -0.2) is 100 Å². The van der Waals surface area contributed by atoms with Gasteiger partial charge in [-0.3, -0.25) is 27.1 Å². The molecular formula is C6H19O27P7. The summed E-state index contributed by atoms with van der Waals surface area (Å²) in [5.74, 6) is 0. The third-order valence-electron chi connectivity index (χ3n) is 3.70. The monoisotopic (exact) mass is 740 g/mol. The minimum atomic E-state index is -6.43. The van der Waals surface area contributed by atoms with Gasteiger partial charge in [0, 0.05) is 0 Å². The smallest absolute Gasteiger partial charge is 0.303 e. The Bertz CT molecular complexity index is 1160. The standard InChI is InChI=1S/C6H19O27P7/c7-34(8,9)27-1-2(28-35(10,11)12)4(30-37(16,17)18)6(32-40(25,26)33-39(22,23)24)5(31-38(19,20)21)3(1)29-36(13,14)15/h1-6H,(H,25,26)(H2,7,8,9)(H2,10,11,12)(H2,13,14,15)(H2,16,17,18)(H2,19,20,21)(H2,22,23,24)/t1?,2-,3+,4-,5-,6?/m1/s1. The Labute approximate surface area is 219 Å². The van der Waals surface area contributed by atoms with Crippen LogP contribution in [0.25, 0.3) is 0 Å². The third kappa shape index (κ3) is 15.0. The molecule has 1 rings (SSSR count). The Kier molecular flexibility index (Phi) is 12.7. The van der Waals surface area contributed by atoms with E-state index in [0.29, 0.717) is 0 Å². The highest BCUT2D eigenvalue weighted by Gasteiger charge is 2.63. The zero-order valence-electron chi connectivity index (χ0n) is 18.1. The number of phosphoric acid groups is 7. The highest BCUT2D eigenvalue weighted by molar-refractivity contribution is 7.60. The van der Waals surface area contributed by atoms with Gasteiger partial charge in [-0.05, 0) is 0 Å². The lowest BCUT2D eigenvalue weighted by Crippen LogP contribution is -2.66. The largest absolute Gasteiger partial charge is 0.481 e. The lowest BCUT2D eigenvalue weighted by molar-refractivity contribution is -0.201. The van der Waals surface area contributed by atoms with Gasteiger partial charge in [0.05, 0.1) is 0 Å². The van der Waals surface area contributed by atoms with Crippen LogP contribution in [0.5, 0.6) is 0 Å². The van der Waals surface area contributed by atoms with Gasteiger partial charge in [-0.1, -0.05) is 0 Å². The van der Waals surface area contributed by atoms with Crippen molar-refractivity contribution in [2.24, 2.45) is 0 Å². The number of phosphoric ester groups is 6. The van der Waals surface area contributed by atoms with Gasteiger partial charge in [0.15, 0.2) is 0 Å². The molecular weight excluding hydrogens is 721 g/mol. The van der Waals surface area contributed by atoms with Crippen molar-refractivity contribution in [1.82, 2.24) is 0 Å². The number of hydrogen-bond donors (Lipinski definition) is 13. The zero-order valence-corrected chi connectivity index (χ0v) is 24.4. The molecule has 3 unspecified atom stereocenters. The van der Waals surface area contributed by atoms with E-state index in [1.165, 1.54) is 0 Å². The molecule has 1 fully saturated rings. The quantitative estimate of drug-likeness (QED) is 0.0788. The molecule has 34 heteroatoms. The maximum Gasteiger partial charge on any atom is 0.481 e. The molecule has 0 aromatic carbocycles. The first-order valence-electron chi connectivity index (χ1n) is 8.75. The van der Waals surface area contributed by atoms with E-state index >= 15 is 0 Å². The summed E-state index contributed by atoms with van der Waals surface area (Å²) in [5.41, 5.74) is 0. The molecule has 40 heavy (non-hydrogen) atoms. The van der Waals surface area contributed by atoms with E-state index in [4.69, 9.17) is 9.79 Å². The van der Waals surface area contributed by atoms with E-state index in [-0.39, 0.29) is 0 Å². The van der Waals surface area contributed by atoms with E-state index in [1.54, 1.807) is 0 Å². The molecule has 0 aromatic rings. The van der Waals surface area contributed by atoms with Crippen molar-refractivity contribution in [1.29, 1.82) is 0 Å². The maximum absolute atomic E-state index is 12.2. The van der Waals surface area contributed by atoms with Crippen LogP contribution in [0.1, 0.15) is 0 Å². The second-order valence-corrected chi connectivity index (χ2v) is 15.7. The average Bonchev–Trinajstić information content (AvgIpc) is 2.57. The number of rotatable bonds is 14. The summed E-state index contributed by atoms with van der Waals surface area (Å²) in [6.07, 6.45) is -19.9. The van der Waals surface area contributed by atoms with Crippen molar-refractivity contribution >= 4 is 54.8 Å². The molecule has 0 aliphatic heterocycles. The lowest BCUT2D eigenvalue weighted by atomic mass is 9.85. The number of hydrogen-bond acceptors (Lipinski definition) is 14. The third-order valence-corrected chi connectivity index (χ3v) is 8.48. The molecule has 0 amide bonds. The molecule has 0 aromatic heterocycles. The SMILES string of the molecule is O=P(O)(O)OC1[C@@H](OP(=O)(O)O)[C@@H](OP(=O)(O)O)C(OP(=O)(O)OP(=O)(O)O)[C@H](OP(=O)(O)O)[C@H]1OP(=O)(O)O. The molecule has 27 nitrogen and oxygen atoms in total. The summed E-state index contributed by atoms with van der Waals surface area (Å²) in [5, 5.41) is 0. The zero-order chi connectivity index (χ0) is 31.9. The van der Waals surface area contributed by atoms with Crippen LogP contribution in [0.15, 0.2) is 0 Å². The molecule has 0 spiro atoms. The van der Waals surface area contributed by atoms with Crippen molar-refractivity contribution in [2.75, 3.05) is 0 Å². The summed E-state index contributed by atoms with van der Waals surface area (Å²) >= 11 is 0. The molecule has 1 aliphatic rings. The molecule has 1 aliphatic carbocycles. The van der Waals surface area contributed by atoms with Crippen molar-refractivity contribution in [3.63, 3.8) is 0 Å². The predicted molar refractivity (Wildman–Crippen MR) is 112 cm³/mol. The Morgan fingerprint density at radius 2 is 0.475 bits per heavy atom. The van der Waals surface area contributed by atoms with Gasteiger partial charge in [0.25, 0.3) is 0 Å². The maximum atomic E-state index is 12.2. The molecule has 0 saturated heterocycles. The highest BCUT2D eigenvalue weighted by atomic mass is 31.3. The van der Waals surface area contributed by atoms with Crippen LogP contribution in [0, 0.1) is 0 Å². The van der Waals surface area contributed by atoms with Gasteiger partial charge in [-0.25, -0.2) is 32.0 Å². The average molecular weight is 740 g/mol. The van der Waals surface area contributed by atoms with Gasteiger partial charge in [0.2, 0.25) is 0 Å². The topological polar surface area (TPSA) is 447 Å². The second-order valence-electron chi connectivity index (χ2n) is 6.91. The van der Waals surface area contributed by atoms with E-state index < -0.39 is 91.4 Å². The summed E-state index contributed by atoms with van der Waals surface area (Å²) in [6, 6.07) is 0. The first-order valence-corrected chi connectivity index (χ1v) is 19.4. The molecule has 1 saturated carbocycles. The Hall–Kier alpha value is 0.810. The Balaban J connectivity index is 4.13. The van der Waals surface area contributed by atoms with Gasteiger partial charge < -0.3 is 63.6 Å². The van der Waals surface area contributed by atoms with Gasteiger partial charge in [0.1, 0.15) is 36.6 Å². The molecule has 13 N–H and O–H groups in total. The van der Waals surface area contributed by atoms with Gasteiger partial charge in [-0.15, -0.1) is 0 Å². The van der Waals surface area contributed by atoms with Gasteiger partial charge >= 0.3 is 54.8 Å². The van der Waals surface area contributed by atoms with Crippen LogP contribution in [0.2, 0.25) is 0 Å². The predicted octanol–water partition coefficient (Wildman–Crippen LogP) is -3.02. The van der Waals surface area contributed by atoms with E-state index in [0.717, 1.165) is 0 Å². The lowest BCUT2D eigenvalue weighted by Gasteiger charge is -2.48. The van der Waals surface area contributed by atoms with Crippen LogP contribution < -0.4 is 0 Å². The minimum absolute atomic E-state index is 3.27. The van der Waals surface area contributed by atoms with Crippen molar-refractivity contribution < 1.29 is 127 Å². The summed E-state index contributed by atoms with van der Waals surface area (Å²) in [4.78, 5) is 119. The van der Waals surface area contributed by atoms with Crippen LogP contribution in [0.4, 0.5) is 0 Å². The van der Waals surface area contributed by atoms with Crippen LogP contribution in [-0.2, 0) is 63.4 Å². The molecule has 0 bridgehead atoms. The summed E-state index contributed by atoms with van der Waals surface area (Å²) in [6.45, 7) is 0. The van der Waals surface area contributed by atoms with E-state index in [1.807, 2.05) is 0 Å². The fourth-order valence-electron chi connectivity index (χ4n) is 2.94. The summed E-state index contributed by atoms with van der Waals surface area (Å²) in [7, 11) is -43.3. The van der Waals surface area contributed by atoms with Crippen molar-refractivity contribution in [2.45, 2.75) is 36.6 Å². The van der Waals surface area contributed by atoms with E-state index in [2.05, 4.69) is 31.5 Å². The highest BCUT2D eigenvalue weighted by Crippen LogP contribution is 2.62. The minimum Gasteiger partial charge on any atom is -0.303 e. The molecule has 0 heterocycles. The van der Waals surface area contributed by atoms with E-state index in [9.17, 15) is 85.8 Å². The van der Waals surface area contributed by atoms with Crippen molar-refractivity contribution in [3.05, 3.63) is 0 Å². The first kappa shape index (κ1) is 38.8. The first-order chi connectivity index (χ1) is 17.3. The van der Waals surface area contributed by atoms with Crippen LogP contribution in [0.3, 0.4) is 0 Å². The van der Waals surface area contributed by atoms with Crippen molar-refractivity contribution in [3.8, 4) is 0 Å². The Morgan fingerprint density at radius 1 is 0.300 bits per heavy atom. The fourth-order valence-corrected chi connectivity index (χ4v) is 7.50.